The molecule has 32 heavy (non-hydrogen) atoms. The number of hydrogen-bond donors (Lipinski definition) is 0. The van der Waals surface area contributed by atoms with Crippen molar-refractivity contribution in [1.29, 1.82) is 0 Å². The number of pyridine rings is 1. The fourth-order valence-corrected chi connectivity index (χ4v) is 3.14. The Labute approximate surface area is 187 Å². The molecule has 0 amide bonds. The number of rotatable bonds is 11. The summed E-state index contributed by atoms with van der Waals surface area (Å²) in [7, 11) is 0. The highest BCUT2D eigenvalue weighted by Crippen LogP contribution is 2.32. The quantitative estimate of drug-likeness (QED) is 0.281. The lowest BCUT2D eigenvalue weighted by molar-refractivity contribution is -0.137. The summed E-state index contributed by atoms with van der Waals surface area (Å²) in [5, 5.41) is 0. The highest BCUT2D eigenvalue weighted by atomic mass is 19.4. The average molecular weight is 450 g/mol. The molecule has 0 bridgehead atoms. The third-order valence-electron chi connectivity index (χ3n) is 4.96. The van der Waals surface area contributed by atoms with E-state index in [2.05, 4.69) is 18.0 Å². The van der Waals surface area contributed by atoms with Gasteiger partial charge in [-0.25, -0.2) is 4.98 Å². The summed E-state index contributed by atoms with van der Waals surface area (Å²) in [6, 6.07) is 6.78. The van der Waals surface area contributed by atoms with Gasteiger partial charge in [0.05, 0.1) is 17.7 Å². The van der Waals surface area contributed by atoms with Gasteiger partial charge in [-0.3, -0.25) is 4.79 Å². The number of alkyl halides is 3. The van der Waals surface area contributed by atoms with E-state index in [4.69, 9.17) is 9.47 Å². The first-order valence-corrected chi connectivity index (χ1v) is 10.8. The molecule has 1 aromatic heterocycles. The zero-order chi connectivity index (χ0) is 23.7. The van der Waals surface area contributed by atoms with Crippen molar-refractivity contribution in [3.05, 3.63) is 64.9 Å². The molecule has 0 aliphatic rings. The SMILES string of the molecule is C/C=C\CC(=O)c1cc(C(F)(F)F)cnc1OC(C)CCOc1ccc(CCC)c(C)c1. The molecule has 1 unspecified atom stereocenters. The number of hydrogen-bond acceptors (Lipinski definition) is 4. The van der Waals surface area contributed by atoms with Crippen molar-refractivity contribution < 1.29 is 27.4 Å². The standard InChI is InChI=1S/C25H30F3NO3/c1-5-7-9-23(30)22-15-20(25(26,27)28)16-29-24(22)32-18(4)12-13-31-21-11-10-19(8-6-2)17(3)14-21/h5,7,10-11,14-16,18H,6,8-9,12-13H2,1-4H3/b7-5-. The largest absolute Gasteiger partial charge is 0.493 e. The molecule has 0 radical (unpaired) electrons. The molecule has 1 aromatic carbocycles. The summed E-state index contributed by atoms with van der Waals surface area (Å²) < 4.78 is 50.8. The van der Waals surface area contributed by atoms with E-state index in [1.54, 1.807) is 26.0 Å². The number of ether oxygens (including phenoxy) is 2. The molecule has 1 atom stereocenters. The first kappa shape index (κ1) is 25.4. The van der Waals surface area contributed by atoms with Crippen LogP contribution in [0.3, 0.4) is 0 Å². The molecule has 0 spiro atoms. The Kier molecular flexibility index (Phi) is 9.29. The fourth-order valence-electron chi connectivity index (χ4n) is 3.14. The van der Waals surface area contributed by atoms with Gasteiger partial charge in [0, 0.05) is 19.0 Å². The molecular formula is C25H30F3NO3. The molecule has 7 heteroatoms. The number of carbonyl (C=O) groups excluding carboxylic acids is 1. The van der Waals surface area contributed by atoms with Gasteiger partial charge < -0.3 is 9.47 Å². The summed E-state index contributed by atoms with van der Waals surface area (Å²) in [5.41, 5.74) is 1.31. The monoisotopic (exact) mass is 449 g/mol. The molecule has 1 heterocycles. The van der Waals surface area contributed by atoms with Crippen LogP contribution in [-0.4, -0.2) is 23.5 Å². The molecule has 2 aromatic rings. The topological polar surface area (TPSA) is 48.4 Å². The Morgan fingerprint density at radius 1 is 1.25 bits per heavy atom. The van der Waals surface area contributed by atoms with Crippen LogP contribution in [0.4, 0.5) is 13.2 Å². The second-order valence-corrected chi connectivity index (χ2v) is 7.67. The summed E-state index contributed by atoms with van der Waals surface area (Å²) in [5.74, 6) is 0.173. The maximum Gasteiger partial charge on any atom is 0.417 e. The van der Waals surface area contributed by atoms with Crippen LogP contribution in [0.1, 0.15) is 67.1 Å². The van der Waals surface area contributed by atoms with E-state index in [0.29, 0.717) is 19.2 Å². The third kappa shape index (κ3) is 7.39. The molecule has 0 saturated heterocycles. The molecule has 174 valence electrons. The number of halogens is 3. The number of allylic oxidation sites excluding steroid dienone is 2. The van der Waals surface area contributed by atoms with Gasteiger partial charge in [-0.05, 0) is 56.5 Å². The lowest BCUT2D eigenvalue weighted by Crippen LogP contribution is -2.19. The average Bonchev–Trinajstić information content (AvgIpc) is 2.73. The lowest BCUT2D eigenvalue weighted by Gasteiger charge is -2.18. The van der Waals surface area contributed by atoms with Crippen LogP contribution in [0.5, 0.6) is 11.6 Å². The predicted molar refractivity (Wildman–Crippen MR) is 118 cm³/mol. The molecule has 2 rings (SSSR count). The van der Waals surface area contributed by atoms with E-state index < -0.39 is 23.6 Å². The van der Waals surface area contributed by atoms with E-state index in [1.165, 1.54) is 11.1 Å². The second-order valence-electron chi connectivity index (χ2n) is 7.67. The molecule has 0 aliphatic carbocycles. The number of aryl methyl sites for hydroxylation is 2. The van der Waals surface area contributed by atoms with Crippen LogP contribution >= 0.6 is 0 Å². The fraction of sp³-hybridized carbons (Fsp3) is 0.440. The molecular weight excluding hydrogens is 419 g/mol. The Morgan fingerprint density at radius 3 is 2.62 bits per heavy atom. The van der Waals surface area contributed by atoms with Crippen molar-refractivity contribution in [2.75, 3.05) is 6.61 Å². The van der Waals surface area contributed by atoms with Gasteiger partial charge in [0.1, 0.15) is 11.9 Å². The normalized spacial score (nSPS) is 12.7. The second kappa shape index (κ2) is 11.7. The Morgan fingerprint density at radius 2 is 2.00 bits per heavy atom. The zero-order valence-electron chi connectivity index (χ0n) is 19.0. The van der Waals surface area contributed by atoms with Crippen molar-refractivity contribution in [2.45, 2.75) is 65.7 Å². The first-order valence-electron chi connectivity index (χ1n) is 10.8. The van der Waals surface area contributed by atoms with Gasteiger partial charge in [-0.2, -0.15) is 13.2 Å². The van der Waals surface area contributed by atoms with Crippen LogP contribution < -0.4 is 9.47 Å². The van der Waals surface area contributed by atoms with Crippen LogP contribution in [0, 0.1) is 6.92 Å². The predicted octanol–water partition coefficient (Wildman–Crippen LogP) is 6.75. The van der Waals surface area contributed by atoms with Gasteiger partial charge >= 0.3 is 6.18 Å². The smallest absolute Gasteiger partial charge is 0.417 e. The number of nitrogens with zero attached hydrogens (tertiary/aromatic N) is 1. The van der Waals surface area contributed by atoms with E-state index in [0.717, 1.165) is 24.7 Å². The van der Waals surface area contributed by atoms with Crippen LogP contribution in [0.15, 0.2) is 42.6 Å². The van der Waals surface area contributed by atoms with Gasteiger partial charge in [-0.15, -0.1) is 0 Å². The minimum Gasteiger partial charge on any atom is -0.493 e. The maximum absolute atomic E-state index is 13.1. The van der Waals surface area contributed by atoms with E-state index in [1.807, 2.05) is 19.1 Å². The summed E-state index contributed by atoms with van der Waals surface area (Å²) in [4.78, 5) is 16.2. The van der Waals surface area contributed by atoms with E-state index in [9.17, 15) is 18.0 Å². The van der Waals surface area contributed by atoms with Crippen LogP contribution in [0.25, 0.3) is 0 Å². The summed E-state index contributed by atoms with van der Waals surface area (Å²) >= 11 is 0. The van der Waals surface area contributed by atoms with Crippen molar-refractivity contribution >= 4 is 5.78 Å². The number of aromatic nitrogens is 1. The lowest BCUT2D eigenvalue weighted by atomic mass is 10.0. The number of Topliss-reactive ketones (excluding diaryl/α,β-unsaturated/α-hetero) is 1. The summed E-state index contributed by atoms with van der Waals surface area (Å²) in [6.45, 7) is 8.03. The number of benzene rings is 1. The number of ketones is 1. The van der Waals surface area contributed by atoms with Crippen molar-refractivity contribution in [2.24, 2.45) is 0 Å². The van der Waals surface area contributed by atoms with E-state index >= 15 is 0 Å². The number of carbonyl (C=O) groups is 1. The van der Waals surface area contributed by atoms with Crippen LogP contribution in [0.2, 0.25) is 0 Å². The highest BCUT2D eigenvalue weighted by molar-refractivity contribution is 5.99. The minimum atomic E-state index is -4.59. The Hall–Kier alpha value is -2.83. The Bertz CT molecular complexity index is 939. The highest BCUT2D eigenvalue weighted by Gasteiger charge is 2.33. The molecule has 0 saturated carbocycles. The maximum atomic E-state index is 13.1. The first-order chi connectivity index (χ1) is 15.2. The van der Waals surface area contributed by atoms with Crippen LogP contribution in [-0.2, 0) is 12.6 Å². The molecule has 0 fully saturated rings. The third-order valence-corrected chi connectivity index (χ3v) is 4.96. The van der Waals surface area contributed by atoms with Gasteiger partial charge in [-0.1, -0.05) is 31.6 Å². The molecule has 0 N–H and O–H groups in total. The molecule has 0 aliphatic heterocycles. The van der Waals surface area contributed by atoms with E-state index in [-0.39, 0.29) is 17.9 Å². The Balaban J connectivity index is 2.04. The van der Waals surface area contributed by atoms with Crippen molar-refractivity contribution in [3.8, 4) is 11.6 Å². The van der Waals surface area contributed by atoms with Gasteiger partial charge in [0.2, 0.25) is 5.88 Å². The zero-order valence-corrected chi connectivity index (χ0v) is 19.0. The molecule has 4 nitrogen and oxygen atoms in total. The van der Waals surface area contributed by atoms with Crippen molar-refractivity contribution in [1.82, 2.24) is 4.98 Å². The van der Waals surface area contributed by atoms with Gasteiger partial charge in [0.15, 0.2) is 5.78 Å². The van der Waals surface area contributed by atoms with Crippen molar-refractivity contribution in [3.63, 3.8) is 0 Å². The van der Waals surface area contributed by atoms with Gasteiger partial charge in [0.25, 0.3) is 0 Å². The summed E-state index contributed by atoms with van der Waals surface area (Å²) in [6.07, 6.45) is 1.47. The minimum absolute atomic E-state index is 0.0271.